The summed E-state index contributed by atoms with van der Waals surface area (Å²) in [6.45, 7) is 6.18. The first-order valence-electron chi connectivity index (χ1n) is 10.2. The predicted octanol–water partition coefficient (Wildman–Crippen LogP) is 4.61. The zero-order valence-electron chi connectivity index (χ0n) is 18.4. The third kappa shape index (κ3) is 4.64. The van der Waals surface area contributed by atoms with Gasteiger partial charge in [0.15, 0.2) is 0 Å². The van der Waals surface area contributed by atoms with Crippen molar-refractivity contribution in [3.05, 3.63) is 78.6 Å². The Kier molecular flexibility index (Phi) is 5.68. The van der Waals surface area contributed by atoms with Gasteiger partial charge in [-0.15, -0.1) is 0 Å². The Labute approximate surface area is 186 Å². The Morgan fingerprint density at radius 2 is 1.88 bits per heavy atom. The summed E-state index contributed by atoms with van der Waals surface area (Å²) in [5.74, 6) is 0.709. The molecule has 8 heteroatoms. The first-order valence-corrected chi connectivity index (χ1v) is 10.2. The quantitative estimate of drug-likeness (QED) is 0.499. The number of benzene rings is 1. The molecule has 1 N–H and O–H groups in total. The van der Waals surface area contributed by atoms with Gasteiger partial charge in [0, 0.05) is 36.6 Å². The Hall–Kier alpha value is -4.07. The number of carbonyl (C=O) groups is 1. The lowest BCUT2D eigenvalue weighted by molar-refractivity contribution is 0.101. The van der Waals surface area contributed by atoms with Crippen LogP contribution in [0.15, 0.2) is 67.3 Å². The van der Waals surface area contributed by atoms with Crippen LogP contribution in [0.4, 0.5) is 5.69 Å². The predicted molar refractivity (Wildman–Crippen MR) is 122 cm³/mol. The van der Waals surface area contributed by atoms with Gasteiger partial charge in [-0.3, -0.25) is 9.48 Å². The van der Waals surface area contributed by atoms with E-state index in [1.54, 1.807) is 48.4 Å². The fraction of sp³-hybridized carbons (Fsp3) is 0.208. The van der Waals surface area contributed by atoms with Gasteiger partial charge in [0.25, 0.3) is 5.91 Å². The third-order valence-corrected chi connectivity index (χ3v) is 4.82. The van der Waals surface area contributed by atoms with Crippen molar-refractivity contribution in [3.8, 4) is 22.9 Å². The molecule has 0 radical (unpaired) electrons. The highest BCUT2D eigenvalue weighted by molar-refractivity contribution is 6.03. The molecule has 1 amide bonds. The smallest absolute Gasteiger partial charge is 0.273 e. The van der Waals surface area contributed by atoms with Gasteiger partial charge < -0.3 is 10.1 Å². The monoisotopic (exact) mass is 428 g/mol. The van der Waals surface area contributed by atoms with Crippen molar-refractivity contribution >= 4 is 11.6 Å². The molecule has 0 aliphatic heterocycles. The zero-order chi connectivity index (χ0) is 22.7. The molecule has 0 spiro atoms. The second-order valence-corrected chi connectivity index (χ2v) is 8.32. The molecular weight excluding hydrogens is 404 g/mol. The second kappa shape index (κ2) is 8.58. The summed E-state index contributed by atoms with van der Waals surface area (Å²) >= 11 is 0. The maximum atomic E-state index is 12.8. The van der Waals surface area contributed by atoms with E-state index in [0.29, 0.717) is 28.7 Å². The van der Waals surface area contributed by atoms with Gasteiger partial charge in [0.2, 0.25) is 5.88 Å². The van der Waals surface area contributed by atoms with E-state index in [1.165, 1.54) is 6.33 Å². The molecule has 0 bridgehead atoms. The van der Waals surface area contributed by atoms with Crippen molar-refractivity contribution in [2.24, 2.45) is 7.05 Å². The molecule has 0 aliphatic rings. The van der Waals surface area contributed by atoms with Crippen molar-refractivity contribution < 1.29 is 9.53 Å². The van der Waals surface area contributed by atoms with E-state index < -0.39 is 0 Å². The van der Waals surface area contributed by atoms with Crippen molar-refractivity contribution in [2.45, 2.75) is 26.2 Å². The maximum Gasteiger partial charge on any atom is 0.273 e. The van der Waals surface area contributed by atoms with Gasteiger partial charge in [0.05, 0.1) is 17.0 Å². The van der Waals surface area contributed by atoms with Gasteiger partial charge in [-0.1, -0.05) is 26.8 Å². The van der Waals surface area contributed by atoms with Crippen LogP contribution in [0.3, 0.4) is 0 Å². The van der Waals surface area contributed by atoms with Gasteiger partial charge in [-0.25, -0.2) is 15.0 Å². The normalized spacial score (nSPS) is 11.2. The topological polar surface area (TPSA) is 94.8 Å². The Morgan fingerprint density at radius 3 is 2.59 bits per heavy atom. The van der Waals surface area contributed by atoms with Crippen molar-refractivity contribution in [3.63, 3.8) is 0 Å². The number of anilines is 1. The fourth-order valence-corrected chi connectivity index (χ4v) is 3.11. The lowest BCUT2D eigenvalue weighted by Gasteiger charge is -2.13. The number of nitrogens with one attached hydrogen (secondary N) is 1. The fourth-order valence-electron chi connectivity index (χ4n) is 3.11. The van der Waals surface area contributed by atoms with Crippen LogP contribution in [0, 0.1) is 0 Å². The lowest BCUT2D eigenvalue weighted by atomic mass is 9.92. The van der Waals surface area contributed by atoms with Gasteiger partial charge in [-0.05, 0) is 36.4 Å². The molecule has 32 heavy (non-hydrogen) atoms. The lowest BCUT2D eigenvalue weighted by Crippen LogP contribution is -2.16. The molecule has 0 aliphatic carbocycles. The summed E-state index contributed by atoms with van der Waals surface area (Å²) in [4.78, 5) is 25.4. The van der Waals surface area contributed by atoms with Crippen LogP contribution in [0.25, 0.3) is 11.3 Å². The average molecular weight is 428 g/mol. The van der Waals surface area contributed by atoms with Crippen molar-refractivity contribution in [2.75, 3.05) is 5.32 Å². The van der Waals surface area contributed by atoms with Crippen LogP contribution in [0.5, 0.6) is 11.6 Å². The number of hydrogen-bond donors (Lipinski definition) is 1. The van der Waals surface area contributed by atoms with E-state index in [9.17, 15) is 4.79 Å². The highest BCUT2D eigenvalue weighted by atomic mass is 16.5. The summed E-state index contributed by atoms with van der Waals surface area (Å²) in [6.07, 6.45) is 4.80. The van der Waals surface area contributed by atoms with Gasteiger partial charge >= 0.3 is 0 Å². The van der Waals surface area contributed by atoms with Crippen LogP contribution in [-0.2, 0) is 12.5 Å². The minimum absolute atomic E-state index is 0.145. The van der Waals surface area contributed by atoms with Crippen molar-refractivity contribution in [1.29, 1.82) is 0 Å². The standard InChI is InChI=1S/C24H24N6O2/c1-24(2,3)21-14-20(30(4)29-21)22(31)28-16-7-5-8-17(13-16)32-23-18(9-6-11-26-23)19-10-12-25-15-27-19/h5-15H,1-4H3,(H,28,31). The Bertz CT molecular complexity index is 1240. The molecule has 3 aromatic heterocycles. The number of rotatable bonds is 5. The second-order valence-electron chi connectivity index (χ2n) is 8.32. The number of aryl methyl sites for hydroxylation is 1. The first-order chi connectivity index (χ1) is 15.3. The van der Waals surface area contributed by atoms with E-state index in [-0.39, 0.29) is 11.3 Å². The van der Waals surface area contributed by atoms with Crippen molar-refractivity contribution in [1.82, 2.24) is 24.7 Å². The Balaban J connectivity index is 1.55. The summed E-state index contributed by atoms with van der Waals surface area (Å²) in [5.41, 5.74) is 3.25. The first kappa shape index (κ1) is 21.2. The number of nitrogens with zero attached hydrogens (tertiary/aromatic N) is 5. The molecule has 1 aromatic carbocycles. The minimum Gasteiger partial charge on any atom is -0.438 e. The summed E-state index contributed by atoms with van der Waals surface area (Å²) in [7, 11) is 1.76. The molecule has 3 heterocycles. The van der Waals surface area contributed by atoms with E-state index in [0.717, 1.165) is 11.3 Å². The SMILES string of the molecule is Cn1nc(C(C)(C)C)cc1C(=O)Nc1cccc(Oc2ncccc2-c2ccncn2)c1. The van der Waals surface area contributed by atoms with Crippen LogP contribution in [0.1, 0.15) is 37.0 Å². The number of hydrogen-bond acceptors (Lipinski definition) is 6. The molecule has 0 fully saturated rings. The number of carbonyl (C=O) groups excluding carboxylic acids is 1. The number of amides is 1. The van der Waals surface area contributed by atoms with Crippen LogP contribution < -0.4 is 10.1 Å². The van der Waals surface area contributed by atoms with Gasteiger partial charge in [-0.2, -0.15) is 5.10 Å². The molecular formula is C24H24N6O2. The third-order valence-electron chi connectivity index (χ3n) is 4.82. The molecule has 0 atom stereocenters. The van der Waals surface area contributed by atoms with Crippen LogP contribution in [-0.4, -0.2) is 30.6 Å². The maximum absolute atomic E-state index is 12.8. The molecule has 0 saturated carbocycles. The highest BCUT2D eigenvalue weighted by Gasteiger charge is 2.22. The summed E-state index contributed by atoms with van der Waals surface area (Å²) < 4.78 is 7.62. The van der Waals surface area contributed by atoms with E-state index in [2.05, 4.69) is 46.1 Å². The average Bonchev–Trinajstić information content (AvgIpc) is 3.17. The van der Waals surface area contributed by atoms with Crippen LogP contribution in [0.2, 0.25) is 0 Å². The molecule has 0 unspecified atom stereocenters. The molecule has 0 saturated heterocycles. The van der Waals surface area contributed by atoms with E-state index >= 15 is 0 Å². The molecule has 162 valence electrons. The Morgan fingerprint density at radius 1 is 1.03 bits per heavy atom. The number of ether oxygens (including phenoxy) is 1. The number of pyridine rings is 1. The van der Waals surface area contributed by atoms with Crippen LogP contribution >= 0.6 is 0 Å². The summed E-state index contributed by atoms with van der Waals surface area (Å²) in [5, 5.41) is 7.38. The molecule has 8 nitrogen and oxygen atoms in total. The van der Waals surface area contributed by atoms with E-state index in [4.69, 9.17) is 4.74 Å². The molecule has 4 aromatic rings. The zero-order valence-corrected chi connectivity index (χ0v) is 18.4. The molecule has 4 rings (SSSR count). The minimum atomic E-state index is -0.243. The van der Waals surface area contributed by atoms with Gasteiger partial charge in [0.1, 0.15) is 17.8 Å². The van der Waals surface area contributed by atoms with E-state index in [1.807, 2.05) is 24.3 Å². The summed E-state index contributed by atoms with van der Waals surface area (Å²) in [6, 6.07) is 14.5. The number of aromatic nitrogens is 5. The highest BCUT2D eigenvalue weighted by Crippen LogP contribution is 2.31. The largest absolute Gasteiger partial charge is 0.438 e.